The van der Waals surface area contributed by atoms with E-state index < -0.39 is 53.5 Å². The van der Waals surface area contributed by atoms with E-state index in [0.29, 0.717) is 9.31 Å². The number of benzene rings is 1. The van der Waals surface area contributed by atoms with Gasteiger partial charge in [-0.1, -0.05) is 11.6 Å². The van der Waals surface area contributed by atoms with Gasteiger partial charge in [-0.25, -0.2) is 9.37 Å². The third kappa shape index (κ3) is 6.11. The van der Waals surface area contributed by atoms with Crippen LogP contribution in [0.4, 0.5) is 23.2 Å². The lowest BCUT2D eigenvalue weighted by atomic mass is 10.1. The number of ether oxygens (including phenoxy) is 1. The van der Waals surface area contributed by atoms with Crippen molar-refractivity contribution < 1.29 is 35.5 Å². The molecule has 0 saturated carbocycles. The van der Waals surface area contributed by atoms with Crippen molar-refractivity contribution in [3.63, 3.8) is 0 Å². The van der Waals surface area contributed by atoms with Gasteiger partial charge in [-0.3, -0.25) is 9.53 Å². The first-order valence-electron chi connectivity index (χ1n) is 8.61. The molecule has 1 aliphatic rings. The maximum absolute atomic E-state index is 13.3. The lowest BCUT2D eigenvalue weighted by molar-refractivity contribution is -0.324. The molecule has 31 heavy (non-hydrogen) atoms. The molecule has 2 heterocycles. The topological polar surface area (TPSA) is 101 Å². The normalized spacial score (nSPS) is 21.7. The Hall–Kier alpha value is -1.84. The van der Waals surface area contributed by atoms with E-state index in [0.717, 1.165) is 23.5 Å². The summed E-state index contributed by atoms with van der Waals surface area (Å²) < 4.78 is 82.3. The van der Waals surface area contributed by atoms with Gasteiger partial charge in [-0.05, 0) is 24.6 Å². The summed E-state index contributed by atoms with van der Waals surface area (Å²) in [6, 6.07) is 1.09. The standard InChI is InChI=1S/C16H15ClF4N4O4S2/c17-10-7-9(1-2-11(10)18)23-14(26)13-8-12(15-22-3-6-30-15)24-31(27,28)25(13)4-5-29-16(19,20)21/h1-3,6-7,12-13,24H,4-5,8H2,(H,23,26). The molecule has 1 fully saturated rings. The van der Waals surface area contributed by atoms with Crippen LogP contribution < -0.4 is 10.0 Å². The number of aromatic nitrogens is 1. The van der Waals surface area contributed by atoms with Crippen molar-refractivity contribution in [3.05, 3.63) is 45.6 Å². The Morgan fingerprint density at radius 2 is 2.16 bits per heavy atom. The number of nitrogens with one attached hydrogen (secondary N) is 2. The summed E-state index contributed by atoms with van der Waals surface area (Å²) in [5.41, 5.74) is 0.0876. The Balaban J connectivity index is 1.85. The molecule has 2 unspecified atom stereocenters. The van der Waals surface area contributed by atoms with Crippen molar-refractivity contribution in [2.45, 2.75) is 24.9 Å². The maximum atomic E-state index is 13.3. The number of anilines is 1. The van der Waals surface area contributed by atoms with Crippen molar-refractivity contribution in [2.75, 3.05) is 18.5 Å². The zero-order chi connectivity index (χ0) is 22.8. The highest BCUT2D eigenvalue weighted by Gasteiger charge is 2.44. The SMILES string of the molecule is O=C(Nc1ccc(F)c(Cl)c1)C1CC(c2nccs2)NS(=O)(=O)N1CCOC(F)(F)F. The van der Waals surface area contributed by atoms with Gasteiger partial charge in [0.15, 0.2) is 0 Å². The summed E-state index contributed by atoms with van der Waals surface area (Å²) in [6.45, 7) is -1.75. The molecule has 2 N–H and O–H groups in total. The van der Waals surface area contributed by atoms with Crippen molar-refractivity contribution in [1.29, 1.82) is 0 Å². The molecule has 2 atom stereocenters. The van der Waals surface area contributed by atoms with Gasteiger partial charge in [0, 0.05) is 23.8 Å². The van der Waals surface area contributed by atoms with Gasteiger partial charge in [0.1, 0.15) is 16.9 Å². The van der Waals surface area contributed by atoms with Crippen LogP contribution in [0.2, 0.25) is 5.02 Å². The second-order valence-corrected chi connectivity index (χ2v) is 9.31. The molecule has 15 heteroatoms. The fraction of sp³-hybridized carbons (Fsp3) is 0.375. The van der Waals surface area contributed by atoms with Crippen LogP contribution in [-0.2, 0) is 19.7 Å². The summed E-state index contributed by atoms with van der Waals surface area (Å²) in [4.78, 5) is 16.9. The Morgan fingerprint density at radius 3 is 2.77 bits per heavy atom. The molecule has 0 bridgehead atoms. The van der Waals surface area contributed by atoms with E-state index in [1.54, 1.807) is 5.38 Å². The summed E-state index contributed by atoms with van der Waals surface area (Å²) in [5, 5.41) is 4.14. The molecule has 0 aliphatic carbocycles. The van der Waals surface area contributed by atoms with Crippen molar-refractivity contribution >= 4 is 44.7 Å². The smallest absolute Gasteiger partial charge is 0.325 e. The van der Waals surface area contributed by atoms with Crippen LogP contribution in [0.25, 0.3) is 0 Å². The molecule has 1 aromatic carbocycles. The van der Waals surface area contributed by atoms with Crippen LogP contribution >= 0.6 is 22.9 Å². The molecular weight excluding hydrogens is 488 g/mol. The fourth-order valence-electron chi connectivity index (χ4n) is 2.93. The average molecular weight is 503 g/mol. The maximum Gasteiger partial charge on any atom is 0.522 e. The van der Waals surface area contributed by atoms with E-state index in [4.69, 9.17) is 11.6 Å². The van der Waals surface area contributed by atoms with E-state index in [2.05, 4.69) is 19.8 Å². The quantitative estimate of drug-likeness (QED) is 0.591. The number of nitrogens with zero attached hydrogens (tertiary/aromatic N) is 2. The first-order chi connectivity index (χ1) is 14.5. The Morgan fingerprint density at radius 1 is 1.42 bits per heavy atom. The molecule has 1 aliphatic heterocycles. The molecule has 1 amide bonds. The van der Waals surface area contributed by atoms with Gasteiger partial charge in [0.25, 0.3) is 10.2 Å². The number of carbonyl (C=O) groups excluding carboxylic acids is 1. The third-order valence-corrected chi connectivity index (χ3v) is 7.04. The molecular formula is C16H15ClF4N4O4S2. The number of thiazole rings is 1. The molecule has 1 saturated heterocycles. The minimum atomic E-state index is -4.96. The largest absolute Gasteiger partial charge is 0.522 e. The predicted molar refractivity (Wildman–Crippen MR) is 104 cm³/mol. The van der Waals surface area contributed by atoms with Crippen molar-refractivity contribution in [2.24, 2.45) is 0 Å². The van der Waals surface area contributed by atoms with Crippen LogP contribution in [0.15, 0.2) is 29.8 Å². The molecule has 3 rings (SSSR count). The Bertz CT molecular complexity index is 1040. The minimum absolute atomic E-state index is 0.0876. The fourth-order valence-corrected chi connectivity index (χ4v) is 5.42. The van der Waals surface area contributed by atoms with Gasteiger partial charge in [0.2, 0.25) is 5.91 Å². The van der Waals surface area contributed by atoms with Crippen LogP contribution in [0.1, 0.15) is 17.5 Å². The monoisotopic (exact) mass is 502 g/mol. The van der Waals surface area contributed by atoms with Crippen LogP contribution in [-0.4, -0.2) is 49.2 Å². The number of halogens is 5. The highest BCUT2D eigenvalue weighted by Crippen LogP contribution is 2.31. The van der Waals surface area contributed by atoms with Crippen LogP contribution in [0, 0.1) is 5.82 Å². The second-order valence-electron chi connectivity index (χ2n) is 6.32. The molecule has 8 nitrogen and oxygen atoms in total. The van der Waals surface area contributed by atoms with E-state index in [-0.39, 0.29) is 17.1 Å². The number of alkyl halides is 3. The first-order valence-corrected chi connectivity index (χ1v) is 11.3. The third-order valence-electron chi connectivity index (χ3n) is 4.22. The average Bonchev–Trinajstić information content (AvgIpc) is 3.19. The van der Waals surface area contributed by atoms with Gasteiger partial charge in [0.05, 0.1) is 17.7 Å². The van der Waals surface area contributed by atoms with Gasteiger partial charge >= 0.3 is 6.36 Å². The van der Waals surface area contributed by atoms with E-state index >= 15 is 0 Å². The van der Waals surface area contributed by atoms with Gasteiger partial charge in [-0.2, -0.15) is 17.4 Å². The minimum Gasteiger partial charge on any atom is -0.325 e. The highest BCUT2D eigenvalue weighted by atomic mass is 35.5. The Labute approximate surface area is 183 Å². The number of rotatable bonds is 6. The van der Waals surface area contributed by atoms with Gasteiger partial charge in [-0.15, -0.1) is 24.5 Å². The zero-order valence-electron chi connectivity index (χ0n) is 15.4. The number of carbonyl (C=O) groups is 1. The molecule has 0 radical (unpaired) electrons. The van der Waals surface area contributed by atoms with E-state index in [1.165, 1.54) is 12.3 Å². The van der Waals surface area contributed by atoms with E-state index in [1.807, 2.05) is 0 Å². The Kier molecular flexibility index (Phi) is 7.18. The molecule has 1 aromatic heterocycles. The molecule has 0 spiro atoms. The number of amides is 1. The summed E-state index contributed by atoms with van der Waals surface area (Å²) in [5.74, 6) is -1.56. The van der Waals surface area contributed by atoms with Crippen LogP contribution in [0.3, 0.4) is 0 Å². The summed E-state index contributed by atoms with van der Waals surface area (Å²) in [7, 11) is -4.36. The van der Waals surface area contributed by atoms with Gasteiger partial charge < -0.3 is 5.32 Å². The van der Waals surface area contributed by atoms with E-state index in [9.17, 15) is 30.8 Å². The number of hydrogen-bond donors (Lipinski definition) is 2. The van der Waals surface area contributed by atoms with Crippen molar-refractivity contribution in [3.8, 4) is 0 Å². The molecule has 2 aromatic rings. The molecule has 170 valence electrons. The van der Waals surface area contributed by atoms with Crippen molar-refractivity contribution in [1.82, 2.24) is 14.0 Å². The number of hydrogen-bond acceptors (Lipinski definition) is 6. The second kappa shape index (κ2) is 9.34. The lowest BCUT2D eigenvalue weighted by Gasteiger charge is -2.37. The predicted octanol–water partition coefficient (Wildman–Crippen LogP) is 3.06. The zero-order valence-corrected chi connectivity index (χ0v) is 17.8. The first kappa shape index (κ1) is 23.8. The highest BCUT2D eigenvalue weighted by molar-refractivity contribution is 7.87. The van der Waals surface area contributed by atoms with Crippen LogP contribution in [0.5, 0.6) is 0 Å². The summed E-state index contributed by atoms with van der Waals surface area (Å²) in [6.07, 6.45) is -3.62. The lowest BCUT2D eigenvalue weighted by Crippen LogP contribution is -2.58. The summed E-state index contributed by atoms with van der Waals surface area (Å²) >= 11 is 6.84.